The summed E-state index contributed by atoms with van der Waals surface area (Å²) in [5.41, 5.74) is 3.03. The monoisotopic (exact) mass is 347 g/mol. The van der Waals surface area contributed by atoms with Gasteiger partial charge in [-0.05, 0) is 34.9 Å². The van der Waals surface area contributed by atoms with E-state index in [1.165, 1.54) is 0 Å². The van der Waals surface area contributed by atoms with Crippen LogP contribution in [0.25, 0.3) is 5.57 Å². The molecule has 1 aromatic rings. The Kier molecular flexibility index (Phi) is 5.03. The lowest BCUT2D eigenvalue weighted by atomic mass is 9.89. The van der Waals surface area contributed by atoms with Gasteiger partial charge < -0.3 is 30.5 Å². The lowest BCUT2D eigenvalue weighted by Crippen LogP contribution is -2.61. The molecule has 3 unspecified atom stereocenters. The molecule has 25 heavy (non-hydrogen) atoms. The van der Waals surface area contributed by atoms with Gasteiger partial charge in [0, 0.05) is 12.1 Å². The summed E-state index contributed by atoms with van der Waals surface area (Å²) in [5, 5.41) is 42.2. The first kappa shape index (κ1) is 17.8. The van der Waals surface area contributed by atoms with Gasteiger partial charge in [-0.3, -0.25) is 4.79 Å². The van der Waals surface area contributed by atoms with Crippen LogP contribution in [0.15, 0.2) is 36.9 Å². The van der Waals surface area contributed by atoms with Crippen LogP contribution in [0, 0.1) is 0 Å². The minimum atomic E-state index is -1.41. The highest BCUT2D eigenvalue weighted by molar-refractivity contribution is 6.04. The lowest BCUT2D eigenvalue weighted by Gasteiger charge is -2.40. The van der Waals surface area contributed by atoms with Crippen molar-refractivity contribution in [3.63, 3.8) is 0 Å². The third kappa shape index (κ3) is 3.37. The van der Waals surface area contributed by atoms with Gasteiger partial charge in [-0.25, -0.2) is 0 Å². The number of rotatable bonds is 4. The summed E-state index contributed by atoms with van der Waals surface area (Å²) in [5.74, 6) is -0.0261. The molecule has 1 saturated heterocycles. The fourth-order valence-corrected chi connectivity index (χ4v) is 3.22. The number of aliphatic hydroxyl groups is 4. The van der Waals surface area contributed by atoms with Crippen LogP contribution >= 0.6 is 0 Å². The molecule has 0 aromatic heterocycles. The molecule has 5 atom stereocenters. The van der Waals surface area contributed by atoms with Crippen LogP contribution < -0.4 is 5.32 Å². The number of carbonyl (C=O) groups is 1. The number of ketones is 1. The second kappa shape index (κ2) is 7.07. The second-order valence-corrected chi connectivity index (χ2v) is 6.22. The quantitative estimate of drug-likeness (QED) is 0.502. The zero-order valence-corrected chi connectivity index (χ0v) is 13.5. The number of benzene rings is 1. The summed E-state index contributed by atoms with van der Waals surface area (Å²) >= 11 is 0. The molecule has 7 nitrogen and oxygen atoms in total. The summed E-state index contributed by atoms with van der Waals surface area (Å²) in [7, 11) is 0. The van der Waals surface area contributed by atoms with E-state index in [9.17, 15) is 20.1 Å². The molecule has 0 spiro atoms. The molecule has 5 N–H and O–H groups in total. The van der Waals surface area contributed by atoms with Crippen LogP contribution in [0.4, 0.5) is 5.69 Å². The van der Waals surface area contributed by atoms with E-state index < -0.39 is 37.3 Å². The van der Waals surface area contributed by atoms with E-state index in [4.69, 9.17) is 9.84 Å². The van der Waals surface area contributed by atoms with Crippen molar-refractivity contribution in [1.82, 2.24) is 0 Å². The fraction of sp³-hybridized carbons (Fsp3) is 0.389. The predicted molar refractivity (Wildman–Crippen MR) is 90.7 cm³/mol. The van der Waals surface area contributed by atoms with Gasteiger partial charge in [0.05, 0.1) is 6.61 Å². The third-order valence-corrected chi connectivity index (χ3v) is 4.55. The number of ether oxygens (including phenoxy) is 1. The summed E-state index contributed by atoms with van der Waals surface area (Å²) in [6.07, 6.45) is -1.69. The van der Waals surface area contributed by atoms with Crippen molar-refractivity contribution in [3.8, 4) is 0 Å². The Morgan fingerprint density at radius 2 is 2.04 bits per heavy atom. The molecule has 1 aliphatic carbocycles. The first-order chi connectivity index (χ1) is 11.9. The van der Waals surface area contributed by atoms with Crippen molar-refractivity contribution in [1.29, 1.82) is 0 Å². The minimum absolute atomic E-state index is 0.0261. The van der Waals surface area contributed by atoms with Crippen molar-refractivity contribution >= 4 is 17.0 Å². The van der Waals surface area contributed by atoms with Gasteiger partial charge in [-0.2, -0.15) is 0 Å². The number of hydrogen-bond donors (Lipinski definition) is 5. The maximum Gasteiger partial charge on any atom is 0.178 e. The van der Waals surface area contributed by atoms with E-state index in [2.05, 4.69) is 11.9 Å². The maximum atomic E-state index is 11.8. The molecule has 3 rings (SSSR count). The van der Waals surface area contributed by atoms with Gasteiger partial charge >= 0.3 is 0 Å². The van der Waals surface area contributed by atoms with Gasteiger partial charge in [-0.15, -0.1) is 0 Å². The molecule has 0 amide bonds. The average Bonchev–Trinajstić information content (AvgIpc) is 2.60. The first-order valence-corrected chi connectivity index (χ1v) is 8.02. The average molecular weight is 347 g/mol. The molecule has 0 saturated carbocycles. The predicted octanol–water partition coefficient (Wildman–Crippen LogP) is -0.407. The number of carbonyl (C=O) groups excluding carboxylic acids is 1. The van der Waals surface area contributed by atoms with Crippen LogP contribution in [0.1, 0.15) is 11.1 Å². The Morgan fingerprint density at radius 1 is 1.28 bits per heavy atom. The molecule has 1 aromatic carbocycles. The second-order valence-electron chi connectivity index (χ2n) is 6.22. The number of allylic oxidation sites excluding steroid dienone is 3. The van der Waals surface area contributed by atoms with Gasteiger partial charge in [0.25, 0.3) is 0 Å². The van der Waals surface area contributed by atoms with E-state index >= 15 is 0 Å². The van der Waals surface area contributed by atoms with Gasteiger partial charge in [0.15, 0.2) is 12.1 Å². The molecule has 2 aliphatic rings. The van der Waals surface area contributed by atoms with Crippen molar-refractivity contribution in [2.45, 2.75) is 37.1 Å². The summed E-state index contributed by atoms with van der Waals surface area (Å²) < 4.78 is 5.12. The summed E-state index contributed by atoms with van der Waals surface area (Å²) in [6, 6.07) is 4.35. The van der Waals surface area contributed by atoms with Gasteiger partial charge in [0.1, 0.15) is 24.4 Å². The van der Waals surface area contributed by atoms with Crippen molar-refractivity contribution in [3.05, 3.63) is 48.1 Å². The maximum absolute atomic E-state index is 11.8. The largest absolute Gasteiger partial charge is 0.394 e. The Morgan fingerprint density at radius 3 is 2.72 bits per heavy atom. The fourth-order valence-electron chi connectivity index (χ4n) is 3.22. The van der Waals surface area contributed by atoms with Crippen molar-refractivity contribution in [2.75, 3.05) is 11.9 Å². The van der Waals surface area contributed by atoms with Crippen molar-refractivity contribution in [2.24, 2.45) is 0 Å². The Hall–Kier alpha value is -2.03. The van der Waals surface area contributed by atoms with Crippen LogP contribution in [-0.2, 0) is 16.0 Å². The van der Waals surface area contributed by atoms with E-state index in [1.807, 2.05) is 6.07 Å². The number of aliphatic hydroxyl groups excluding tert-OH is 4. The molecule has 134 valence electrons. The minimum Gasteiger partial charge on any atom is -0.394 e. The zero-order valence-electron chi connectivity index (χ0n) is 13.5. The molecular weight excluding hydrogens is 326 g/mol. The molecule has 0 bridgehead atoms. The van der Waals surface area contributed by atoms with E-state index in [-0.39, 0.29) is 12.2 Å². The highest BCUT2D eigenvalue weighted by atomic mass is 16.6. The van der Waals surface area contributed by atoms with E-state index in [0.29, 0.717) is 5.69 Å². The highest BCUT2D eigenvalue weighted by Crippen LogP contribution is 2.30. The van der Waals surface area contributed by atoms with Crippen LogP contribution in [0.5, 0.6) is 0 Å². The molecule has 1 fully saturated rings. The topological polar surface area (TPSA) is 119 Å². The number of anilines is 1. The summed E-state index contributed by atoms with van der Waals surface area (Å²) in [6.45, 7) is 3.20. The smallest absolute Gasteiger partial charge is 0.178 e. The SMILES string of the molecule is C=CC1=CC(=O)Cc2cc(NC3C(O)OC(CO)[C@@H](O)[C@@H]3O)ccc21. The third-order valence-electron chi connectivity index (χ3n) is 4.55. The van der Waals surface area contributed by atoms with Gasteiger partial charge in [0.2, 0.25) is 0 Å². The molecule has 1 aliphatic heterocycles. The van der Waals surface area contributed by atoms with Crippen molar-refractivity contribution < 1.29 is 30.0 Å². The molecule has 1 heterocycles. The Labute approximate surface area is 144 Å². The summed E-state index contributed by atoms with van der Waals surface area (Å²) in [4.78, 5) is 11.8. The number of fused-ring (bicyclic) bond motifs is 1. The van der Waals surface area contributed by atoms with Gasteiger partial charge in [-0.1, -0.05) is 18.7 Å². The lowest BCUT2D eigenvalue weighted by molar-refractivity contribution is -0.245. The zero-order chi connectivity index (χ0) is 18.1. The van der Waals surface area contributed by atoms with E-state index in [1.54, 1.807) is 24.3 Å². The molecule has 7 heteroatoms. The molecule has 0 radical (unpaired) electrons. The highest BCUT2D eigenvalue weighted by Gasteiger charge is 2.43. The first-order valence-electron chi connectivity index (χ1n) is 8.02. The molecular formula is C18H21NO6. The Bertz CT molecular complexity index is 716. The van der Waals surface area contributed by atoms with E-state index in [0.717, 1.165) is 16.7 Å². The number of hydrogen-bond acceptors (Lipinski definition) is 7. The van der Waals surface area contributed by atoms with Crippen LogP contribution in [0.2, 0.25) is 0 Å². The normalized spacial score (nSPS) is 31.9. The van der Waals surface area contributed by atoms with Crippen LogP contribution in [0.3, 0.4) is 0 Å². The Balaban J connectivity index is 1.82. The number of nitrogens with one attached hydrogen (secondary N) is 1. The van der Waals surface area contributed by atoms with Crippen LogP contribution in [-0.4, -0.2) is 63.5 Å². The standard InChI is InChI=1S/C18H21NO6/c1-2-9-6-12(21)7-10-5-11(3-4-13(9)10)19-15-17(23)16(22)14(8-20)25-18(15)24/h2-6,14-20,22-24H,1,7-8H2/t14?,15?,16-,17-,18?/m1/s1.